The molecule has 0 spiro atoms. The third-order valence-corrected chi connectivity index (χ3v) is 2.00. The number of benzene rings is 1. The SMILES string of the molecule is O=C(Nc1cccc(F)c1)NC1CC1. The van der Waals surface area contributed by atoms with Gasteiger partial charge in [0.15, 0.2) is 0 Å². The molecule has 1 aromatic carbocycles. The Balaban J connectivity index is 1.92. The van der Waals surface area contributed by atoms with Gasteiger partial charge in [-0.3, -0.25) is 0 Å². The summed E-state index contributed by atoms with van der Waals surface area (Å²) in [5, 5.41) is 5.31. The molecule has 0 aromatic heterocycles. The maximum absolute atomic E-state index is 12.7. The Morgan fingerprint density at radius 1 is 1.43 bits per heavy atom. The van der Waals surface area contributed by atoms with Crippen molar-refractivity contribution in [1.82, 2.24) is 5.32 Å². The van der Waals surface area contributed by atoms with E-state index in [1.54, 1.807) is 12.1 Å². The summed E-state index contributed by atoms with van der Waals surface area (Å²) < 4.78 is 12.7. The predicted octanol–water partition coefficient (Wildman–Crippen LogP) is 2.11. The molecule has 0 radical (unpaired) electrons. The van der Waals surface area contributed by atoms with Crippen molar-refractivity contribution in [2.75, 3.05) is 5.32 Å². The summed E-state index contributed by atoms with van der Waals surface area (Å²) in [4.78, 5) is 11.2. The van der Waals surface area contributed by atoms with Gasteiger partial charge < -0.3 is 10.6 Å². The van der Waals surface area contributed by atoms with Crippen LogP contribution in [-0.2, 0) is 0 Å². The van der Waals surface area contributed by atoms with E-state index in [-0.39, 0.29) is 11.8 Å². The number of halogens is 1. The number of hydrogen-bond acceptors (Lipinski definition) is 1. The van der Waals surface area contributed by atoms with Crippen molar-refractivity contribution < 1.29 is 9.18 Å². The Morgan fingerprint density at radius 2 is 2.21 bits per heavy atom. The van der Waals surface area contributed by atoms with Crippen molar-refractivity contribution in [3.63, 3.8) is 0 Å². The van der Waals surface area contributed by atoms with Gasteiger partial charge in [0.05, 0.1) is 0 Å². The minimum absolute atomic E-state index is 0.266. The average Bonchev–Trinajstić information content (AvgIpc) is 2.87. The largest absolute Gasteiger partial charge is 0.335 e. The van der Waals surface area contributed by atoms with Gasteiger partial charge in [-0.1, -0.05) is 6.07 Å². The Kier molecular flexibility index (Phi) is 2.35. The van der Waals surface area contributed by atoms with E-state index >= 15 is 0 Å². The van der Waals surface area contributed by atoms with Gasteiger partial charge in [0.2, 0.25) is 0 Å². The molecule has 14 heavy (non-hydrogen) atoms. The van der Waals surface area contributed by atoms with Crippen LogP contribution in [0.4, 0.5) is 14.9 Å². The highest BCUT2D eigenvalue weighted by atomic mass is 19.1. The molecular formula is C10H11FN2O. The third-order valence-electron chi connectivity index (χ3n) is 2.00. The number of anilines is 1. The molecule has 2 N–H and O–H groups in total. The lowest BCUT2D eigenvalue weighted by atomic mass is 10.3. The second-order valence-electron chi connectivity index (χ2n) is 3.38. The van der Waals surface area contributed by atoms with E-state index < -0.39 is 0 Å². The fourth-order valence-electron chi connectivity index (χ4n) is 1.15. The first-order chi connectivity index (χ1) is 6.74. The van der Waals surface area contributed by atoms with Crippen molar-refractivity contribution in [2.45, 2.75) is 18.9 Å². The van der Waals surface area contributed by atoms with E-state index in [0.29, 0.717) is 11.7 Å². The maximum atomic E-state index is 12.7. The number of carbonyl (C=O) groups is 1. The molecule has 0 aliphatic heterocycles. The van der Waals surface area contributed by atoms with Gasteiger partial charge >= 0.3 is 6.03 Å². The van der Waals surface area contributed by atoms with Crippen molar-refractivity contribution in [2.24, 2.45) is 0 Å². The molecule has 1 aromatic rings. The molecule has 0 bridgehead atoms. The van der Waals surface area contributed by atoms with Gasteiger partial charge in [0.1, 0.15) is 5.82 Å². The Labute approximate surface area is 81.3 Å². The summed E-state index contributed by atoms with van der Waals surface area (Å²) in [7, 11) is 0. The van der Waals surface area contributed by atoms with Crippen LogP contribution in [0.25, 0.3) is 0 Å². The zero-order valence-electron chi connectivity index (χ0n) is 7.59. The van der Waals surface area contributed by atoms with E-state index in [2.05, 4.69) is 10.6 Å². The van der Waals surface area contributed by atoms with Crippen LogP contribution >= 0.6 is 0 Å². The minimum Gasteiger partial charge on any atom is -0.335 e. The zero-order chi connectivity index (χ0) is 9.97. The van der Waals surface area contributed by atoms with Crippen LogP contribution in [0.15, 0.2) is 24.3 Å². The molecular weight excluding hydrogens is 183 g/mol. The summed E-state index contributed by atoms with van der Waals surface area (Å²) in [5.41, 5.74) is 0.475. The highest BCUT2D eigenvalue weighted by Gasteiger charge is 2.23. The number of amides is 2. The summed E-state index contributed by atoms with van der Waals surface area (Å²) in [6, 6.07) is 5.87. The molecule has 0 unspecified atom stereocenters. The zero-order valence-corrected chi connectivity index (χ0v) is 7.59. The number of nitrogens with one attached hydrogen (secondary N) is 2. The van der Waals surface area contributed by atoms with Crippen molar-refractivity contribution in [3.05, 3.63) is 30.1 Å². The molecule has 0 atom stereocenters. The fourth-order valence-corrected chi connectivity index (χ4v) is 1.15. The van der Waals surface area contributed by atoms with E-state index in [1.165, 1.54) is 12.1 Å². The second-order valence-corrected chi connectivity index (χ2v) is 3.38. The molecule has 1 fully saturated rings. The second kappa shape index (κ2) is 3.65. The van der Waals surface area contributed by atoms with Crippen molar-refractivity contribution in [1.29, 1.82) is 0 Å². The van der Waals surface area contributed by atoms with E-state index in [0.717, 1.165) is 12.8 Å². The monoisotopic (exact) mass is 194 g/mol. The first-order valence-corrected chi connectivity index (χ1v) is 4.57. The van der Waals surface area contributed by atoms with Gasteiger partial charge in [-0.15, -0.1) is 0 Å². The number of carbonyl (C=O) groups excluding carboxylic acids is 1. The molecule has 1 saturated carbocycles. The third kappa shape index (κ3) is 2.45. The standard InChI is InChI=1S/C10H11FN2O/c11-7-2-1-3-9(6-7)13-10(14)12-8-4-5-8/h1-3,6,8H,4-5H2,(H2,12,13,14). The molecule has 0 saturated heterocycles. The molecule has 2 amide bonds. The van der Waals surface area contributed by atoms with Crippen LogP contribution < -0.4 is 10.6 Å². The smallest absolute Gasteiger partial charge is 0.319 e. The van der Waals surface area contributed by atoms with Gasteiger partial charge in [-0.2, -0.15) is 0 Å². The highest BCUT2D eigenvalue weighted by molar-refractivity contribution is 5.89. The molecule has 1 aliphatic rings. The summed E-state index contributed by atoms with van der Waals surface area (Å²) in [6.07, 6.45) is 2.08. The number of hydrogen-bond donors (Lipinski definition) is 2. The van der Waals surface area contributed by atoms with Crippen molar-refractivity contribution >= 4 is 11.7 Å². The number of rotatable bonds is 2. The topological polar surface area (TPSA) is 41.1 Å². The Bertz CT molecular complexity index is 350. The summed E-state index contributed by atoms with van der Waals surface area (Å²) in [5.74, 6) is -0.353. The maximum Gasteiger partial charge on any atom is 0.319 e. The van der Waals surface area contributed by atoms with Gasteiger partial charge in [0.25, 0.3) is 0 Å². The summed E-state index contributed by atoms with van der Waals surface area (Å²) >= 11 is 0. The van der Waals surface area contributed by atoms with E-state index in [9.17, 15) is 9.18 Å². The molecule has 3 nitrogen and oxygen atoms in total. The molecule has 4 heteroatoms. The molecule has 74 valence electrons. The molecule has 1 aliphatic carbocycles. The first kappa shape index (κ1) is 8.99. The molecule has 2 rings (SSSR count). The lowest BCUT2D eigenvalue weighted by Crippen LogP contribution is -2.30. The van der Waals surface area contributed by atoms with Gasteiger partial charge in [-0.05, 0) is 31.0 Å². The van der Waals surface area contributed by atoms with Crippen LogP contribution in [0.1, 0.15) is 12.8 Å². The van der Waals surface area contributed by atoms with Gasteiger partial charge in [-0.25, -0.2) is 9.18 Å². The van der Waals surface area contributed by atoms with E-state index in [1.807, 2.05) is 0 Å². The number of urea groups is 1. The van der Waals surface area contributed by atoms with Crippen LogP contribution in [0.5, 0.6) is 0 Å². The van der Waals surface area contributed by atoms with Crippen LogP contribution in [0.2, 0.25) is 0 Å². The Morgan fingerprint density at radius 3 is 2.86 bits per heavy atom. The normalized spacial score (nSPS) is 14.9. The lowest BCUT2D eigenvalue weighted by Gasteiger charge is -2.05. The predicted molar refractivity (Wildman–Crippen MR) is 51.6 cm³/mol. The summed E-state index contributed by atoms with van der Waals surface area (Å²) in [6.45, 7) is 0. The van der Waals surface area contributed by atoms with E-state index in [4.69, 9.17) is 0 Å². The first-order valence-electron chi connectivity index (χ1n) is 4.57. The van der Waals surface area contributed by atoms with Crippen LogP contribution in [-0.4, -0.2) is 12.1 Å². The minimum atomic E-state index is -0.353. The van der Waals surface area contributed by atoms with Crippen LogP contribution in [0, 0.1) is 5.82 Å². The lowest BCUT2D eigenvalue weighted by molar-refractivity contribution is 0.251. The average molecular weight is 194 g/mol. The molecule has 0 heterocycles. The Hall–Kier alpha value is -1.58. The quantitative estimate of drug-likeness (QED) is 0.743. The van der Waals surface area contributed by atoms with Crippen molar-refractivity contribution in [3.8, 4) is 0 Å². The highest BCUT2D eigenvalue weighted by Crippen LogP contribution is 2.18. The van der Waals surface area contributed by atoms with Gasteiger partial charge in [0, 0.05) is 11.7 Å². The fraction of sp³-hybridized carbons (Fsp3) is 0.300. The van der Waals surface area contributed by atoms with Crippen LogP contribution in [0.3, 0.4) is 0 Å².